The Morgan fingerprint density at radius 3 is 3.19 bits per heavy atom. The Hall–Kier alpha value is -1.80. The molecule has 0 fully saturated rings. The molecule has 0 aliphatic rings. The van der Waals surface area contributed by atoms with Crippen molar-refractivity contribution in [3.05, 3.63) is 27.6 Å². The largest absolute Gasteiger partial charge is 0.480 e. The molecule has 0 aliphatic heterocycles. The van der Waals surface area contributed by atoms with E-state index in [0.29, 0.717) is 10.7 Å². The van der Waals surface area contributed by atoms with Crippen molar-refractivity contribution in [1.82, 2.24) is 19.9 Å². The summed E-state index contributed by atoms with van der Waals surface area (Å²) in [6.07, 6.45) is 0. The Balaban J connectivity index is 2.18. The Kier molecular flexibility index (Phi) is 2.93. The Bertz CT molecular complexity index is 576. The van der Waals surface area contributed by atoms with Gasteiger partial charge in [-0.3, -0.25) is 9.59 Å². The second-order valence-corrected chi connectivity index (χ2v) is 3.83. The minimum absolute atomic E-state index is 0.163. The van der Waals surface area contributed by atoms with Gasteiger partial charge >= 0.3 is 5.97 Å². The van der Waals surface area contributed by atoms with Gasteiger partial charge in [0, 0.05) is 12.6 Å². The maximum atomic E-state index is 11.5. The van der Waals surface area contributed by atoms with Crippen LogP contribution in [0.15, 0.2) is 16.4 Å². The number of fused-ring (bicyclic) bond motifs is 1. The first kappa shape index (κ1) is 10.7. The van der Waals surface area contributed by atoms with Gasteiger partial charge in [-0.25, -0.2) is 4.98 Å². The number of aromatic nitrogens is 3. The first-order valence-corrected chi connectivity index (χ1v) is 5.30. The maximum Gasteiger partial charge on any atom is 0.317 e. The minimum Gasteiger partial charge on any atom is -0.480 e. The van der Waals surface area contributed by atoms with Crippen molar-refractivity contribution in [2.24, 2.45) is 0 Å². The molecule has 8 heteroatoms. The highest BCUT2D eigenvalue weighted by atomic mass is 32.1. The summed E-state index contributed by atoms with van der Waals surface area (Å²) in [6.45, 7) is 0.0830. The summed E-state index contributed by atoms with van der Waals surface area (Å²) in [5, 5.41) is 14.9. The van der Waals surface area contributed by atoms with Gasteiger partial charge in [0.2, 0.25) is 4.96 Å². The second-order valence-electron chi connectivity index (χ2n) is 3.02. The smallest absolute Gasteiger partial charge is 0.317 e. The monoisotopic (exact) mass is 240 g/mol. The van der Waals surface area contributed by atoms with Crippen molar-refractivity contribution in [2.75, 3.05) is 6.54 Å². The van der Waals surface area contributed by atoms with Crippen LogP contribution in [0.2, 0.25) is 0 Å². The van der Waals surface area contributed by atoms with Crippen molar-refractivity contribution < 1.29 is 9.90 Å². The molecule has 0 saturated heterocycles. The van der Waals surface area contributed by atoms with Crippen LogP contribution in [-0.4, -0.2) is 32.2 Å². The van der Waals surface area contributed by atoms with E-state index in [9.17, 15) is 9.59 Å². The van der Waals surface area contributed by atoms with Crippen LogP contribution < -0.4 is 10.9 Å². The van der Waals surface area contributed by atoms with Gasteiger partial charge in [0.05, 0.1) is 12.2 Å². The van der Waals surface area contributed by atoms with E-state index in [2.05, 4.69) is 15.4 Å². The van der Waals surface area contributed by atoms with Crippen molar-refractivity contribution >= 4 is 22.3 Å². The van der Waals surface area contributed by atoms with Gasteiger partial charge in [0.25, 0.3) is 5.56 Å². The zero-order chi connectivity index (χ0) is 11.5. The van der Waals surface area contributed by atoms with Crippen molar-refractivity contribution in [2.45, 2.75) is 6.54 Å². The van der Waals surface area contributed by atoms with Gasteiger partial charge in [-0.2, -0.15) is 9.61 Å². The molecule has 2 aromatic heterocycles. The average Bonchev–Trinajstić information content (AvgIpc) is 2.65. The predicted molar refractivity (Wildman–Crippen MR) is 56.5 cm³/mol. The first-order chi connectivity index (χ1) is 7.66. The minimum atomic E-state index is -0.949. The third-order valence-corrected chi connectivity index (χ3v) is 2.50. The molecule has 0 amide bonds. The van der Waals surface area contributed by atoms with Crippen LogP contribution in [0, 0.1) is 0 Å². The second kappa shape index (κ2) is 4.37. The third-order valence-electron chi connectivity index (χ3n) is 1.82. The number of nitrogens with zero attached hydrogens (tertiary/aromatic N) is 3. The molecule has 2 heterocycles. The molecule has 0 radical (unpaired) electrons. The molecule has 0 saturated carbocycles. The van der Waals surface area contributed by atoms with Crippen LogP contribution in [0.5, 0.6) is 0 Å². The number of hydrogen-bond acceptors (Lipinski definition) is 6. The summed E-state index contributed by atoms with van der Waals surface area (Å²) in [6, 6.07) is 1.33. The summed E-state index contributed by atoms with van der Waals surface area (Å²) in [7, 11) is 0. The molecule has 2 N–H and O–H groups in total. The van der Waals surface area contributed by atoms with Crippen LogP contribution in [0.25, 0.3) is 4.96 Å². The molecule has 0 aromatic carbocycles. The van der Waals surface area contributed by atoms with Gasteiger partial charge in [0.15, 0.2) is 0 Å². The lowest BCUT2D eigenvalue weighted by atomic mass is 10.4. The fourth-order valence-electron chi connectivity index (χ4n) is 1.19. The summed E-state index contributed by atoms with van der Waals surface area (Å²) < 4.78 is 1.20. The average molecular weight is 240 g/mol. The Morgan fingerprint density at radius 2 is 2.44 bits per heavy atom. The zero-order valence-electron chi connectivity index (χ0n) is 8.08. The lowest BCUT2D eigenvalue weighted by Gasteiger charge is -2.00. The van der Waals surface area contributed by atoms with Crippen LogP contribution >= 0.6 is 11.3 Å². The van der Waals surface area contributed by atoms with E-state index in [1.54, 1.807) is 0 Å². The number of rotatable bonds is 4. The van der Waals surface area contributed by atoms with Crippen molar-refractivity contribution in [1.29, 1.82) is 0 Å². The van der Waals surface area contributed by atoms with E-state index in [0.717, 1.165) is 0 Å². The summed E-state index contributed by atoms with van der Waals surface area (Å²) in [5.41, 5.74) is 1.77. The SMILES string of the molecule is O=C(O)CNCc1cc(=O)n2ncsc2n1. The van der Waals surface area contributed by atoms with Gasteiger partial charge in [-0.15, -0.1) is 0 Å². The number of nitrogens with one attached hydrogen (secondary N) is 1. The van der Waals surface area contributed by atoms with Gasteiger partial charge in [-0.1, -0.05) is 11.3 Å². The maximum absolute atomic E-state index is 11.5. The standard InChI is InChI=1S/C8H8N4O3S/c13-6-1-5(2-9-3-7(14)15)11-8-12(6)10-4-16-8/h1,4,9H,2-3H2,(H,14,15). The van der Waals surface area contributed by atoms with Crippen LogP contribution in [0.1, 0.15) is 5.69 Å². The molecule has 2 aromatic rings. The number of carboxylic acids is 1. The Morgan fingerprint density at radius 1 is 1.62 bits per heavy atom. The van der Waals surface area contributed by atoms with E-state index >= 15 is 0 Å². The van der Waals surface area contributed by atoms with E-state index in [1.807, 2.05) is 0 Å². The quantitative estimate of drug-likeness (QED) is 0.735. The van der Waals surface area contributed by atoms with Crippen LogP contribution in [-0.2, 0) is 11.3 Å². The molecule has 7 nitrogen and oxygen atoms in total. The molecule has 0 atom stereocenters. The zero-order valence-corrected chi connectivity index (χ0v) is 8.90. The van der Waals surface area contributed by atoms with Gasteiger partial charge < -0.3 is 10.4 Å². The predicted octanol–water partition coefficient (Wildman–Crippen LogP) is -0.675. The molecule has 84 valence electrons. The van der Waals surface area contributed by atoms with E-state index in [4.69, 9.17) is 5.11 Å². The van der Waals surface area contributed by atoms with E-state index in [1.165, 1.54) is 27.4 Å². The lowest BCUT2D eigenvalue weighted by molar-refractivity contribution is -0.135. The number of carboxylic acid groups (broad SMARTS) is 1. The molecule has 0 spiro atoms. The fourth-order valence-corrected chi connectivity index (χ4v) is 1.83. The third kappa shape index (κ3) is 2.23. The van der Waals surface area contributed by atoms with E-state index in [-0.39, 0.29) is 18.6 Å². The van der Waals surface area contributed by atoms with Gasteiger partial charge in [-0.05, 0) is 0 Å². The van der Waals surface area contributed by atoms with Crippen molar-refractivity contribution in [3.63, 3.8) is 0 Å². The highest BCUT2D eigenvalue weighted by Crippen LogP contribution is 2.03. The first-order valence-electron chi connectivity index (χ1n) is 4.42. The molecule has 0 unspecified atom stereocenters. The molecule has 2 rings (SSSR count). The molecule has 16 heavy (non-hydrogen) atoms. The number of aliphatic carboxylic acids is 1. The van der Waals surface area contributed by atoms with Crippen LogP contribution in [0.4, 0.5) is 0 Å². The molecule has 0 bridgehead atoms. The highest BCUT2D eigenvalue weighted by molar-refractivity contribution is 7.14. The van der Waals surface area contributed by atoms with Crippen LogP contribution in [0.3, 0.4) is 0 Å². The number of carbonyl (C=O) groups is 1. The van der Waals surface area contributed by atoms with E-state index < -0.39 is 5.97 Å². The highest BCUT2D eigenvalue weighted by Gasteiger charge is 2.04. The summed E-state index contributed by atoms with van der Waals surface area (Å²) >= 11 is 1.25. The summed E-state index contributed by atoms with van der Waals surface area (Å²) in [5.74, 6) is -0.949. The van der Waals surface area contributed by atoms with Gasteiger partial charge in [0.1, 0.15) is 5.51 Å². The number of hydrogen-bond donors (Lipinski definition) is 2. The topological polar surface area (TPSA) is 96.6 Å². The summed E-state index contributed by atoms with van der Waals surface area (Å²) in [4.78, 5) is 26.4. The van der Waals surface area contributed by atoms with Crippen molar-refractivity contribution in [3.8, 4) is 0 Å². The fraction of sp³-hybridized carbons (Fsp3) is 0.250. The lowest BCUT2D eigenvalue weighted by Crippen LogP contribution is -2.24. The molecular weight excluding hydrogens is 232 g/mol. The Labute approximate surface area is 93.4 Å². The normalized spacial score (nSPS) is 10.8. The molecular formula is C8H8N4O3S. The molecule has 0 aliphatic carbocycles.